The van der Waals surface area contributed by atoms with Crippen molar-refractivity contribution in [3.05, 3.63) is 46.9 Å². The SMILES string of the molecule is C=CCNc1nccn1C(C)Cc1ccc(C)s1. The molecular weight excluding hydrogens is 242 g/mol. The van der Waals surface area contributed by atoms with Gasteiger partial charge in [-0.3, -0.25) is 0 Å². The van der Waals surface area contributed by atoms with Gasteiger partial charge in [0, 0.05) is 41.2 Å². The maximum absolute atomic E-state index is 4.33. The molecule has 1 unspecified atom stereocenters. The summed E-state index contributed by atoms with van der Waals surface area (Å²) in [4.78, 5) is 7.12. The number of rotatable bonds is 6. The molecular formula is C14H19N3S. The third-order valence-electron chi connectivity index (χ3n) is 2.84. The van der Waals surface area contributed by atoms with Gasteiger partial charge in [-0.2, -0.15) is 0 Å². The van der Waals surface area contributed by atoms with Crippen LogP contribution in [0.15, 0.2) is 37.2 Å². The highest BCUT2D eigenvalue weighted by atomic mass is 32.1. The van der Waals surface area contributed by atoms with Gasteiger partial charge in [0.1, 0.15) is 0 Å². The fourth-order valence-electron chi connectivity index (χ4n) is 1.95. The van der Waals surface area contributed by atoms with Crippen LogP contribution < -0.4 is 5.32 Å². The molecule has 0 saturated heterocycles. The molecule has 96 valence electrons. The third kappa shape index (κ3) is 3.01. The monoisotopic (exact) mass is 261 g/mol. The quantitative estimate of drug-likeness (QED) is 0.804. The van der Waals surface area contributed by atoms with Crippen LogP contribution in [0, 0.1) is 6.92 Å². The lowest BCUT2D eigenvalue weighted by molar-refractivity contribution is 0.554. The summed E-state index contributed by atoms with van der Waals surface area (Å²) >= 11 is 1.87. The molecule has 1 atom stereocenters. The number of aromatic nitrogens is 2. The summed E-state index contributed by atoms with van der Waals surface area (Å²) in [6.45, 7) is 8.81. The Morgan fingerprint density at radius 2 is 2.39 bits per heavy atom. The molecule has 2 heterocycles. The Bertz CT molecular complexity index is 513. The minimum atomic E-state index is 0.401. The summed E-state index contributed by atoms with van der Waals surface area (Å²) in [6, 6.07) is 4.79. The molecule has 2 rings (SSSR count). The summed E-state index contributed by atoms with van der Waals surface area (Å²) in [7, 11) is 0. The topological polar surface area (TPSA) is 29.9 Å². The Morgan fingerprint density at radius 3 is 3.06 bits per heavy atom. The van der Waals surface area contributed by atoms with Crippen LogP contribution in [0.1, 0.15) is 22.7 Å². The molecule has 0 saturated carbocycles. The van der Waals surface area contributed by atoms with Gasteiger partial charge in [-0.25, -0.2) is 4.98 Å². The van der Waals surface area contributed by atoms with Gasteiger partial charge in [0.05, 0.1) is 0 Å². The molecule has 0 radical (unpaired) electrons. The fraction of sp³-hybridized carbons (Fsp3) is 0.357. The highest BCUT2D eigenvalue weighted by Gasteiger charge is 2.11. The molecule has 0 aliphatic carbocycles. The van der Waals surface area contributed by atoms with Gasteiger partial charge in [0.15, 0.2) is 0 Å². The van der Waals surface area contributed by atoms with Crippen molar-refractivity contribution in [2.45, 2.75) is 26.3 Å². The van der Waals surface area contributed by atoms with Gasteiger partial charge in [-0.1, -0.05) is 6.08 Å². The van der Waals surface area contributed by atoms with E-state index in [1.165, 1.54) is 9.75 Å². The van der Waals surface area contributed by atoms with Gasteiger partial charge in [0.25, 0.3) is 0 Å². The number of hydrogen-bond donors (Lipinski definition) is 1. The second-order valence-electron chi connectivity index (χ2n) is 4.39. The number of thiophene rings is 1. The van der Waals surface area contributed by atoms with Crippen LogP contribution in [0.3, 0.4) is 0 Å². The minimum absolute atomic E-state index is 0.401. The maximum atomic E-state index is 4.33. The smallest absolute Gasteiger partial charge is 0.203 e. The zero-order valence-corrected chi connectivity index (χ0v) is 11.7. The third-order valence-corrected chi connectivity index (χ3v) is 3.86. The first-order chi connectivity index (χ1) is 8.70. The number of imidazole rings is 1. The van der Waals surface area contributed by atoms with Crippen molar-refractivity contribution in [3.63, 3.8) is 0 Å². The van der Waals surface area contributed by atoms with E-state index in [0.29, 0.717) is 6.04 Å². The van der Waals surface area contributed by atoms with Crippen LogP contribution in [0.5, 0.6) is 0 Å². The predicted octanol–water partition coefficient (Wildman–Crippen LogP) is 3.65. The molecule has 1 N–H and O–H groups in total. The molecule has 0 aromatic carbocycles. The Hall–Kier alpha value is -1.55. The van der Waals surface area contributed by atoms with E-state index in [1.54, 1.807) is 0 Å². The molecule has 0 amide bonds. The molecule has 0 aliphatic heterocycles. The van der Waals surface area contributed by atoms with Gasteiger partial charge >= 0.3 is 0 Å². The van der Waals surface area contributed by atoms with Crippen LogP contribution in [0.2, 0.25) is 0 Å². The fourth-order valence-corrected chi connectivity index (χ4v) is 2.96. The standard InChI is InChI=1S/C14H19N3S/c1-4-7-15-14-16-8-9-17(14)11(2)10-13-6-5-12(3)18-13/h4-6,8-9,11H,1,7,10H2,2-3H3,(H,15,16). The van der Waals surface area contributed by atoms with E-state index >= 15 is 0 Å². The van der Waals surface area contributed by atoms with Crippen molar-refractivity contribution in [2.75, 3.05) is 11.9 Å². The Kier molecular flexibility index (Phi) is 4.20. The second kappa shape index (κ2) is 5.87. The largest absolute Gasteiger partial charge is 0.352 e. The number of aryl methyl sites for hydroxylation is 1. The highest BCUT2D eigenvalue weighted by molar-refractivity contribution is 7.11. The van der Waals surface area contributed by atoms with Gasteiger partial charge in [0.2, 0.25) is 5.95 Å². The van der Waals surface area contributed by atoms with Gasteiger partial charge in [-0.15, -0.1) is 17.9 Å². The number of nitrogens with one attached hydrogen (secondary N) is 1. The van der Waals surface area contributed by atoms with Gasteiger partial charge in [-0.05, 0) is 26.0 Å². The molecule has 0 aliphatic rings. The summed E-state index contributed by atoms with van der Waals surface area (Å²) in [5, 5.41) is 3.25. The first kappa shape index (κ1) is 12.9. The Balaban J connectivity index is 2.06. The Morgan fingerprint density at radius 1 is 1.56 bits per heavy atom. The van der Waals surface area contributed by atoms with Crippen LogP contribution in [0.25, 0.3) is 0 Å². The van der Waals surface area contributed by atoms with E-state index in [4.69, 9.17) is 0 Å². The van der Waals surface area contributed by atoms with Crippen molar-refractivity contribution >= 4 is 17.3 Å². The van der Waals surface area contributed by atoms with Crippen LogP contribution in [0.4, 0.5) is 5.95 Å². The van der Waals surface area contributed by atoms with Crippen LogP contribution >= 0.6 is 11.3 Å². The molecule has 18 heavy (non-hydrogen) atoms. The predicted molar refractivity (Wildman–Crippen MR) is 78.4 cm³/mol. The average Bonchev–Trinajstić information content (AvgIpc) is 2.95. The maximum Gasteiger partial charge on any atom is 0.203 e. The normalized spacial score (nSPS) is 12.3. The lowest BCUT2D eigenvalue weighted by Crippen LogP contribution is -2.12. The van der Waals surface area contributed by atoms with E-state index < -0.39 is 0 Å². The highest BCUT2D eigenvalue weighted by Crippen LogP contribution is 2.23. The molecule has 4 heteroatoms. The second-order valence-corrected chi connectivity index (χ2v) is 5.77. The summed E-state index contributed by atoms with van der Waals surface area (Å²) in [6.07, 6.45) is 6.74. The van der Waals surface area contributed by atoms with Crippen molar-refractivity contribution in [1.82, 2.24) is 9.55 Å². The Labute approximate surface area is 112 Å². The zero-order chi connectivity index (χ0) is 13.0. The first-order valence-corrected chi connectivity index (χ1v) is 6.95. The zero-order valence-electron chi connectivity index (χ0n) is 10.9. The average molecular weight is 261 g/mol. The van der Waals surface area contributed by atoms with E-state index in [9.17, 15) is 0 Å². The van der Waals surface area contributed by atoms with E-state index in [2.05, 4.69) is 47.4 Å². The molecule has 0 spiro atoms. The molecule has 0 fully saturated rings. The minimum Gasteiger partial charge on any atom is -0.352 e. The van der Waals surface area contributed by atoms with E-state index in [1.807, 2.05) is 29.8 Å². The summed E-state index contributed by atoms with van der Waals surface area (Å²) < 4.78 is 2.18. The van der Waals surface area contributed by atoms with Crippen molar-refractivity contribution in [1.29, 1.82) is 0 Å². The molecule has 2 aromatic heterocycles. The molecule has 3 nitrogen and oxygen atoms in total. The molecule has 0 bridgehead atoms. The number of nitrogens with zero attached hydrogens (tertiary/aromatic N) is 2. The first-order valence-electron chi connectivity index (χ1n) is 6.13. The summed E-state index contributed by atoms with van der Waals surface area (Å²) in [5.41, 5.74) is 0. The lowest BCUT2D eigenvalue weighted by Gasteiger charge is -2.15. The summed E-state index contributed by atoms with van der Waals surface area (Å²) in [5.74, 6) is 0.913. The van der Waals surface area contributed by atoms with Crippen LogP contribution in [-0.2, 0) is 6.42 Å². The van der Waals surface area contributed by atoms with E-state index in [-0.39, 0.29) is 0 Å². The number of hydrogen-bond acceptors (Lipinski definition) is 3. The molecule has 2 aromatic rings. The lowest BCUT2D eigenvalue weighted by atomic mass is 10.2. The number of anilines is 1. The van der Waals surface area contributed by atoms with Crippen molar-refractivity contribution in [2.24, 2.45) is 0 Å². The van der Waals surface area contributed by atoms with E-state index in [0.717, 1.165) is 18.9 Å². The van der Waals surface area contributed by atoms with Gasteiger partial charge < -0.3 is 9.88 Å². The van der Waals surface area contributed by atoms with Crippen molar-refractivity contribution < 1.29 is 0 Å². The van der Waals surface area contributed by atoms with Crippen LogP contribution in [-0.4, -0.2) is 16.1 Å². The van der Waals surface area contributed by atoms with Crippen molar-refractivity contribution in [3.8, 4) is 0 Å².